The van der Waals surface area contributed by atoms with E-state index in [2.05, 4.69) is 15.4 Å². The molecule has 3 aromatic rings. The monoisotopic (exact) mass is 410 g/mol. The van der Waals surface area contributed by atoms with Crippen LogP contribution >= 0.6 is 0 Å². The summed E-state index contributed by atoms with van der Waals surface area (Å²) in [6.07, 6.45) is 0.366. The minimum atomic E-state index is -2.95. The van der Waals surface area contributed by atoms with Crippen LogP contribution in [0.3, 0.4) is 0 Å². The van der Waals surface area contributed by atoms with Gasteiger partial charge in [0.2, 0.25) is 5.91 Å². The summed E-state index contributed by atoms with van der Waals surface area (Å²) in [4.78, 5) is 23.8. The van der Waals surface area contributed by atoms with Crippen LogP contribution in [0.1, 0.15) is 28.4 Å². The Balaban J connectivity index is 1.82. The molecule has 0 spiro atoms. The van der Waals surface area contributed by atoms with E-state index in [1.165, 1.54) is 19.1 Å². The van der Waals surface area contributed by atoms with Crippen molar-refractivity contribution >= 4 is 23.2 Å². The van der Waals surface area contributed by atoms with E-state index < -0.39 is 12.5 Å². The maximum Gasteiger partial charge on any atom is 0.387 e. The molecule has 0 aromatic heterocycles. The SMILES string of the molecule is CC(=O)Nc1cccc(C(=O)Nc2ccc(OC(F)F)c(Cc3ccccc3)c2)c1. The minimum absolute atomic E-state index is 0.0551. The molecule has 0 heterocycles. The van der Waals surface area contributed by atoms with Crippen LogP contribution < -0.4 is 15.4 Å². The summed E-state index contributed by atoms with van der Waals surface area (Å²) in [6.45, 7) is -1.57. The minimum Gasteiger partial charge on any atom is -0.435 e. The number of halogens is 2. The van der Waals surface area contributed by atoms with Gasteiger partial charge in [0.25, 0.3) is 5.91 Å². The molecule has 0 aliphatic heterocycles. The third-order valence-corrected chi connectivity index (χ3v) is 4.22. The molecule has 0 saturated carbocycles. The third-order valence-electron chi connectivity index (χ3n) is 4.22. The first kappa shape index (κ1) is 21.0. The van der Waals surface area contributed by atoms with Crippen LogP contribution in [0.2, 0.25) is 0 Å². The third kappa shape index (κ3) is 5.88. The highest BCUT2D eigenvalue weighted by Gasteiger charge is 2.13. The summed E-state index contributed by atoms with van der Waals surface area (Å²) in [6, 6.07) is 20.4. The van der Waals surface area contributed by atoms with Gasteiger partial charge in [-0.1, -0.05) is 36.4 Å². The van der Waals surface area contributed by atoms with E-state index in [4.69, 9.17) is 0 Å². The Labute approximate surface area is 172 Å². The Hall–Kier alpha value is -3.74. The zero-order valence-electron chi connectivity index (χ0n) is 16.2. The van der Waals surface area contributed by atoms with Crippen LogP contribution in [0.4, 0.5) is 20.2 Å². The molecule has 0 radical (unpaired) electrons. The lowest BCUT2D eigenvalue weighted by Crippen LogP contribution is -2.13. The molecular formula is C23H20F2N2O3. The predicted octanol–water partition coefficient (Wildman–Crippen LogP) is 5.09. The molecule has 5 nitrogen and oxygen atoms in total. The van der Waals surface area contributed by atoms with Gasteiger partial charge >= 0.3 is 6.61 Å². The van der Waals surface area contributed by atoms with Gasteiger partial charge < -0.3 is 15.4 Å². The fourth-order valence-corrected chi connectivity index (χ4v) is 2.97. The largest absolute Gasteiger partial charge is 0.435 e. The summed E-state index contributed by atoms with van der Waals surface area (Å²) in [5.74, 6) is -0.581. The Kier molecular flexibility index (Phi) is 6.75. The van der Waals surface area contributed by atoms with Crippen molar-refractivity contribution in [3.8, 4) is 5.75 Å². The van der Waals surface area contributed by atoms with Gasteiger partial charge in [0.1, 0.15) is 5.75 Å². The van der Waals surface area contributed by atoms with Gasteiger partial charge in [-0.2, -0.15) is 8.78 Å². The molecule has 2 amide bonds. The Morgan fingerprint density at radius 3 is 2.33 bits per heavy atom. The summed E-state index contributed by atoms with van der Waals surface area (Å²) in [5, 5.41) is 5.37. The molecule has 0 fully saturated rings. The number of anilines is 2. The Bertz CT molecular complexity index is 1040. The molecular weight excluding hydrogens is 390 g/mol. The van der Waals surface area contributed by atoms with E-state index in [1.54, 1.807) is 30.3 Å². The molecule has 30 heavy (non-hydrogen) atoms. The van der Waals surface area contributed by atoms with Crippen molar-refractivity contribution in [2.24, 2.45) is 0 Å². The van der Waals surface area contributed by atoms with E-state index in [0.29, 0.717) is 28.9 Å². The Morgan fingerprint density at radius 1 is 0.900 bits per heavy atom. The molecule has 7 heteroatoms. The summed E-state index contributed by atoms with van der Waals surface area (Å²) in [5.41, 5.74) is 2.73. The fourth-order valence-electron chi connectivity index (χ4n) is 2.97. The number of hydrogen-bond acceptors (Lipinski definition) is 3. The van der Waals surface area contributed by atoms with E-state index in [-0.39, 0.29) is 11.7 Å². The average Bonchev–Trinajstić information content (AvgIpc) is 2.70. The lowest BCUT2D eigenvalue weighted by Gasteiger charge is -2.14. The molecule has 0 bridgehead atoms. The van der Waals surface area contributed by atoms with Gasteiger partial charge in [-0.05, 0) is 42.0 Å². The van der Waals surface area contributed by atoms with E-state index in [9.17, 15) is 18.4 Å². The zero-order chi connectivity index (χ0) is 21.5. The van der Waals surface area contributed by atoms with Crippen LogP contribution in [0.15, 0.2) is 72.8 Å². The van der Waals surface area contributed by atoms with Crippen LogP contribution in [-0.4, -0.2) is 18.4 Å². The topological polar surface area (TPSA) is 67.4 Å². The van der Waals surface area contributed by atoms with Crippen molar-refractivity contribution in [1.29, 1.82) is 0 Å². The lowest BCUT2D eigenvalue weighted by atomic mass is 10.0. The second kappa shape index (κ2) is 9.65. The van der Waals surface area contributed by atoms with Crippen molar-refractivity contribution in [3.63, 3.8) is 0 Å². The maximum atomic E-state index is 12.8. The number of benzene rings is 3. The normalized spacial score (nSPS) is 10.5. The van der Waals surface area contributed by atoms with Crippen molar-refractivity contribution < 1.29 is 23.1 Å². The number of ether oxygens (including phenoxy) is 1. The van der Waals surface area contributed by atoms with Crippen molar-refractivity contribution in [3.05, 3.63) is 89.5 Å². The number of carbonyl (C=O) groups excluding carboxylic acids is 2. The zero-order valence-corrected chi connectivity index (χ0v) is 16.2. The molecule has 0 saturated heterocycles. The highest BCUT2D eigenvalue weighted by molar-refractivity contribution is 6.05. The number of alkyl halides is 2. The number of carbonyl (C=O) groups is 2. The average molecular weight is 410 g/mol. The van der Waals surface area contributed by atoms with Gasteiger partial charge in [0, 0.05) is 35.8 Å². The highest BCUT2D eigenvalue weighted by atomic mass is 19.3. The van der Waals surface area contributed by atoms with Gasteiger partial charge in [-0.15, -0.1) is 0 Å². The number of hydrogen-bond donors (Lipinski definition) is 2. The second-order valence-electron chi connectivity index (χ2n) is 6.58. The van der Waals surface area contributed by atoms with Crippen LogP contribution in [-0.2, 0) is 11.2 Å². The first-order valence-corrected chi connectivity index (χ1v) is 9.21. The summed E-state index contributed by atoms with van der Waals surface area (Å²) in [7, 11) is 0. The van der Waals surface area contributed by atoms with Crippen LogP contribution in [0, 0.1) is 0 Å². The molecule has 3 aromatic carbocycles. The summed E-state index contributed by atoms with van der Waals surface area (Å²) >= 11 is 0. The standard InChI is InChI=1S/C23H20F2N2O3/c1-15(28)26-19-9-5-8-17(13-19)22(29)27-20-10-11-21(30-23(24)25)18(14-20)12-16-6-3-2-4-7-16/h2-11,13-14,23H,12H2,1H3,(H,26,28)(H,27,29). The molecule has 154 valence electrons. The molecule has 0 aliphatic rings. The number of rotatable bonds is 7. The molecule has 3 rings (SSSR count). The summed E-state index contributed by atoms with van der Waals surface area (Å²) < 4.78 is 30.2. The van der Waals surface area contributed by atoms with E-state index >= 15 is 0 Å². The molecule has 0 atom stereocenters. The fraction of sp³-hybridized carbons (Fsp3) is 0.130. The molecule has 0 unspecified atom stereocenters. The van der Waals surface area contributed by atoms with Gasteiger partial charge in [0.05, 0.1) is 0 Å². The molecule has 2 N–H and O–H groups in total. The number of nitrogens with one attached hydrogen (secondary N) is 2. The second-order valence-corrected chi connectivity index (χ2v) is 6.58. The first-order valence-electron chi connectivity index (χ1n) is 9.21. The van der Waals surface area contributed by atoms with Crippen molar-refractivity contribution in [2.45, 2.75) is 20.0 Å². The quantitative estimate of drug-likeness (QED) is 0.570. The van der Waals surface area contributed by atoms with Gasteiger partial charge in [-0.25, -0.2) is 0 Å². The predicted molar refractivity (Wildman–Crippen MR) is 111 cm³/mol. The van der Waals surface area contributed by atoms with Crippen LogP contribution in [0.25, 0.3) is 0 Å². The van der Waals surface area contributed by atoms with Gasteiger partial charge in [-0.3, -0.25) is 9.59 Å². The van der Waals surface area contributed by atoms with E-state index in [0.717, 1.165) is 5.56 Å². The van der Waals surface area contributed by atoms with E-state index in [1.807, 2.05) is 30.3 Å². The number of amides is 2. The first-order chi connectivity index (χ1) is 14.4. The van der Waals surface area contributed by atoms with Gasteiger partial charge in [0.15, 0.2) is 0 Å². The van der Waals surface area contributed by atoms with Crippen molar-refractivity contribution in [2.75, 3.05) is 10.6 Å². The smallest absolute Gasteiger partial charge is 0.387 e. The maximum absolute atomic E-state index is 12.8. The van der Waals surface area contributed by atoms with Crippen molar-refractivity contribution in [1.82, 2.24) is 0 Å². The highest BCUT2D eigenvalue weighted by Crippen LogP contribution is 2.27. The van der Waals surface area contributed by atoms with Crippen LogP contribution in [0.5, 0.6) is 5.75 Å². The lowest BCUT2D eigenvalue weighted by molar-refractivity contribution is -0.114. The Morgan fingerprint density at radius 2 is 1.63 bits per heavy atom. The molecule has 0 aliphatic carbocycles.